The van der Waals surface area contributed by atoms with Crippen LogP contribution in [-0.2, 0) is 0 Å². The largest absolute Gasteiger partial charge is 0.478 e. The van der Waals surface area contributed by atoms with Crippen LogP contribution in [0.4, 0.5) is 0 Å². The van der Waals surface area contributed by atoms with Gasteiger partial charge in [0.05, 0.1) is 5.56 Å². The second-order valence-electron chi connectivity index (χ2n) is 4.73. The van der Waals surface area contributed by atoms with Crippen LogP contribution in [0.25, 0.3) is 10.8 Å². The molecule has 0 unspecified atom stereocenters. The lowest BCUT2D eigenvalue weighted by Crippen LogP contribution is -1.97. The van der Waals surface area contributed by atoms with Crippen molar-refractivity contribution < 1.29 is 14.6 Å². The summed E-state index contributed by atoms with van der Waals surface area (Å²) in [5.74, 6) is 0.436. The van der Waals surface area contributed by atoms with Crippen molar-refractivity contribution in [3.63, 3.8) is 0 Å². The average molecular weight is 279 g/mol. The van der Waals surface area contributed by atoms with E-state index < -0.39 is 5.97 Å². The Bertz CT molecular complexity index is 827. The molecule has 0 saturated heterocycles. The van der Waals surface area contributed by atoms with Gasteiger partial charge < -0.3 is 9.84 Å². The first kappa shape index (κ1) is 13.1. The molecule has 4 nitrogen and oxygen atoms in total. The Hall–Kier alpha value is -2.88. The first-order valence-electron chi connectivity index (χ1n) is 6.50. The maximum Gasteiger partial charge on any atom is 0.336 e. The zero-order chi connectivity index (χ0) is 14.8. The molecule has 0 spiro atoms. The standard InChI is InChI=1S/C17H13NO3/c1-11-9-14(7-8-18-11)21-13-5-6-15-12(10-13)3-2-4-16(15)17(19)20/h2-10H,1H3,(H,19,20). The number of aromatic carboxylic acids is 1. The van der Waals surface area contributed by atoms with E-state index in [1.165, 1.54) is 0 Å². The van der Waals surface area contributed by atoms with E-state index >= 15 is 0 Å². The van der Waals surface area contributed by atoms with Gasteiger partial charge in [-0.2, -0.15) is 0 Å². The molecule has 21 heavy (non-hydrogen) atoms. The summed E-state index contributed by atoms with van der Waals surface area (Å²) in [7, 11) is 0. The van der Waals surface area contributed by atoms with Crippen LogP contribution >= 0.6 is 0 Å². The summed E-state index contributed by atoms with van der Waals surface area (Å²) in [6, 6.07) is 14.2. The minimum Gasteiger partial charge on any atom is -0.478 e. The molecular weight excluding hydrogens is 266 g/mol. The van der Waals surface area contributed by atoms with Gasteiger partial charge in [-0.25, -0.2) is 4.79 Å². The molecule has 1 heterocycles. The second-order valence-corrected chi connectivity index (χ2v) is 4.73. The summed E-state index contributed by atoms with van der Waals surface area (Å²) in [6.45, 7) is 1.90. The number of nitrogens with zero attached hydrogens (tertiary/aromatic N) is 1. The van der Waals surface area contributed by atoms with Crippen molar-refractivity contribution in [2.75, 3.05) is 0 Å². The number of carbonyl (C=O) groups is 1. The van der Waals surface area contributed by atoms with Crippen molar-refractivity contribution in [1.82, 2.24) is 4.98 Å². The number of carboxylic acids is 1. The van der Waals surface area contributed by atoms with E-state index in [4.69, 9.17) is 4.74 Å². The van der Waals surface area contributed by atoms with Crippen molar-refractivity contribution in [3.05, 3.63) is 66.0 Å². The van der Waals surface area contributed by atoms with E-state index in [0.717, 1.165) is 11.1 Å². The predicted molar refractivity (Wildman–Crippen MR) is 80.0 cm³/mol. The van der Waals surface area contributed by atoms with Crippen LogP contribution in [0.5, 0.6) is 11.5 Å². The Morgan fingerprint density at radius 3 is 2.67 bits per heavy atom. The normalized spacial score (nSPS) is 10.5. The zero-order valence-electron chi connectivity index (χ0n) is 11.4. The predicted octanol–water partition coefficient (Wildman–Crippen LogP) is 4.03. The third kappa shape index (κ3) is 2.69. The Balaban J connectivity index is 2.00. The second kappa shape index (κ2) is 5.25. The summed E-state index contributed by atoms with van der Waals surface area (Å²) in [6.07, 6.45) is 1.69. The third-order valence-corrected chi connectivity index (χ3v) is 3.19. The first-order chi connectivity index (χ1) is 10.1. The van der Waals surface area contributed by atoms with Gasteiger partial charge in [0.15, 0.2) is 0 Å². The van der Waals surface area contributed by atoms with Gasteiger partial charge in [-0.05, 0) is 48.0 Å². The molecule has 3 aromatic rings. The van der Waals surface area contributed by atoms with Gasteiger partial charge in [-0.1, -0.05) is 12.1 Å². The van der Waals surface area contributed by atoms with Crippen LogP contribution < -0.4 is 4.74 Å². The number of aromatic nitrogens is 1. The monoisotopic (exact) mass is 279 g/mol. The van der Waals surface area contributed by atoms with Crippen LogP contribution in [0.3, 0.4) is 0 Å². The van der Waals surface area contributed by atoms with Crippen LogP contribution in [-0.4, -0.2) is 16.1 Å². The number of aryl methyl sites for hydroxylation is 1. The highest BCUT2D eigenvalue weighted by atomic mass is 16.5. The fraction of sp³-hybridized carbons (Fsp3) is 0.0588. The van der Waals surface area contributed by atoms with Gasteiger partial charge >= 0.3 is 5.97 Å². The molecule has 0 bridgehead atoms. The molecule has 0 aliphatic carbocycles. The lowest BCUT2D eigenvalue weighted by atomic mass is 10.0. The molecule has 2 aromatic carbocycles. The lowest BCUT2D eigenvalue weighted by Gasteiger charge is -2.08. The van der Waals surface area contributed by atoms with E-state index in [2.05, 4.69) is 4.98 Å². The lowest BCUT2D eigenvalue weighted by molar-refractivity contribution is 0.0699. The molecule has 0 atom stereocenters. The molecule has 104 valence electrons. The fourth-order valence-electron chi connectivity index (χ4n) is 2.23. The highest BCUT2D eigenvalue weighted by molar-refractivity contribution is 6.03. The van der Waals surface area contributed by atoms with Gasteiger partial charge in [0.25, 0.3) is 0 Å². The van der Waals surface area contributed by atoms with E-state index in [9.17, 15) is 9.90 Å². The quantitative estimate of drug-likeness (QED) is 0.786. The SMILES string of the molecule is Cc1cc(Oc2ccc3c(C(=O)O)cccc3c2)ccn1. The number of benzene rings is 2. The van der Waals surface area contributed by atoms with Gasteiger partial charge in [-0.3, -0.25) is 4.98 Å². The van der Waals surface area contributed by atoms with Gasteiger partial charge in [0, 0.05) is 18.0 Å². The van der Waals surface area contributed by atoms with E-state index in [0.29, 0.717) is 22.4 Å². The van der Waals surface area contributed by atoms with Crippen molar-refractivity contribution >= 4 is 16.7 Å². The van der Waals surface area contributed by atoms with Crippen LogP contribution in [0.1, 0.15) is 16.1 Å². The van der Waals surface area contributed by atoms with Crippen LogP contribution in [0.2, 0.25) is 0 Å². The maximum atomic E-state index is 11.2. The molecule has 0 aliphatic rings. The van der Waals surface area contributed by atoms with E-state index in [1.54, 1.807) is 36.5 Å². The molecule has 0 amide bonds. The van der Waals surface area contributed by atoms with E-state index in [1.807, 2.05) is 25.1 Å². The van der Waals surface area contributed by atoms with Crippen LogP contribution in [0, 0.1) is 6.92 Å². The van der Waals surface area contributed by atoms with Crippen molar-refractivity contribution in [2.24, 2.45) is 0 Å². The highest BCUT2D eigenvalue weighted by Gasteiger charge is 2.08. The number of fused-ring (bicyclic) bond motifs is 1. The maximum absolute atomic E-state index is 11.2. The fourth-order valence-corrected chi connectivity index (χ4v) is 2.23. The number of hydrogen-bond donors (Lipinski definition) is 1. The van der Waals surface area contributed by atoms with Gasteiger partial charge in [-0.15, -0.1) is 0 Å². The van der Waals surface area contributed by atoms with E-state index in [-0.39, 0.29) is 0 Å². The van der Waals surface area contributed by atoms with Crippen molar-refractivity contribution in [3.8, 4) is 11.5 Å². The van der Waals surface area contributed by atoms with Crippen molar-refractivity contribution in [2.45, 2.75) is 6.92 Å². The number of pyridine rings is 1. The average Bonchev–Trinajstić information content (AvgIpc) is 2.46. The molecule has 4 heteroatoms. The Morgan fingerprint density at radius 2 is 1.90 bits per heavy atom. The molecule has 0 aliphatic heterocycles. The minimum atomic E-state index is -0.931. The minimum absolute atomic E-state index is 0.291. The number of rotatable bonds is 3. The van der Waals surface area contributed by atoms with Crippen molar-refractivity contribution in [1.29, 1.82) is 0 Å². The number of hydrogen-bond acceptors (Lipinski definition) is 3. The Morgan fingerprint density at radius 1 is 1.10 bits per heavy atom. The summed E-state index contributed by atoms with van der Waals surface area (Å²) >= 11 is 0. The summed E-state index contributed by atoms with van der Waals surface area (Å²) < 4.78 is 5.78. The van der Waals surface area contributed by atoms with Gasteiger partial charge in [0.1, 0.15) is 11.5 Å². The molecule has 1 aromatic heterocycles. The zero-order valence-corrected chi connectivity index (χ0v) is 11.4. The summed E-state index contributed by atoms with van der Waals surface area (Å²) in [4.78, 5) is 15.3. The molecular formula is C17H13NO3. The summed E-state index contributed by atoms with van der Waals surface area (Å²) in [5, 5.41) is 10.7. The smallest absolute Gasteiger partial charge is 0.336 e. The Labute approximate surface area is 121 Å². The number of carboxylic acid groups (broad SMARTS) is 1. The highest BCUT2D eigenvalue weighted by Crippen LogP contribution is 2.27. The van der Waals surface area contributed by atoms with Crippen LogP contribution in [0.15, 0.2) is 54.7 Å². The topological polar surface area (TPSA) is 59.4 Å². The Kier molecular flexibility index (Phi) is 3.28. The number of ether oxygens (including phenoxy) is 1. The molecule has 3 rings (SSSR count). The summed E-state index contributed by atoms with van der Waals surface area (Å²) in [5.41, 5.74) is 1.17. The molecule has 0 saturated carbocycles. The first-order valence-corrected chi connectivity index (χ1v) is 6.50. The molecule has 0 radical (unpaired) electrons. The molecule has 1 N–H and O–H groups in total. The third-order valence-electron chi connectivity index (χ3n) is 3.19. The molecule has 0 fully saturated rings. The van der Waals surface area contributed by atoms with Gasteiger partial charge in [0.2, 0.25) is 0 Å².